The van der Waals surface area contributed by atoms with E-state index < -0.39 is 0 Å². The van der Waals surface area contributed by atoms with Crippen LogP contribution < -0.4 is 11.3 Å². The van der Waals surface area contributed by atoms with E-state index in [2.05, 4.69) is 10.5 Å². The predicted octanol–water partition coefficient (Wildman–Crippen LogP) is 0.281. The molecule has 0 aliphatic rings. The second-order valence-corrected chi connectivity index (χ2v) is 4.15. The summed E-state index contributed by atoms with van der Waals surface area (Å²) < 4.78 is 1.70. The molecule has 0 saturated carbocycles. The van der Waals surface area contributed by atoms with Gasteiger partial charge < -0.3 is 0 Å². The van der Waals surface area contributed by atoms with E-state index >= 15 is 0 Å². The number of hydrazine groups is 1. The molecule has 5 nitrogen and oxygen atoms in total. The fourth-order valence-electron chi connectivity index (χ4n) is 1.04. The second-order valence-electron chi connectivity index (χ2n) is 2.87. The lowest BCUT2D eigenvalue weighted by Gasteiger charge is -2.10. The fraction of sp³-hybridized carbons (Fsp3) is 0.500. The van der Waals surface area contributed by atoms with Crippen molar-refractivity contribution in [2.24, 2.45) is 12.9 Å². The molecule has 1 amide bonds. The van der Waals surface area contributed by atoms with E-state index in [-0.39, 0.29) is 11.2 Å². The third-order valence-electron chi connectivity index (χ3n) is 1.77. The van der Waals surface area contributed by atoms with Crippen molar-refractivity contribution < 1.29 is 4.79 Å². The van der Waals surface area contributed by atoms with Crippen LogP contribution in [-0.4, -0.2) is 20.9 Å². The van der Waals surface area contributed by atoms with E-state index in [0.717, 1.165) is 11.3 Å². The SMILES string of the molecule is CCC(Sc1cnn(C)c1)C(=O)NN. The molecule has 1 unspecified atom stereocenters. The third-order valence-corrected chi connectivity index (χ3v) is 3.08. The minimum atomic E-state index is -0.152. The number of thioether (sulfide) groups is 1. The summed E-state index contributed by atoms with van der Waals surface area (Å²) in [5.41, 5.74) is 2.16. The van der Waals surface area contributed by atoms with Gasteiger partial charge in [-0.2, -0.15) is 5.10 Å². The van der Waals surface area contributed by atoms with Gasteiger partial charge >= 0.3 is 0 Å². The Labute approximate surface area is 87.0 Å². The van der Waals surface area contributed by atoms with Crippen LogP contribution in [0.2, 0.25) is 0 Å². The molecule has 0 aliphatic carbocycles. The van der Waals surface area contributed by atoms with Gasteiger partial charge in [0, 0.05) is 18.1 Å². The lowest BCUT2D eigenvalue weighted by atomic mass is 10.3. The van der Waals surface area contributed by atoms with Gasteiger partial charge in [0.05, 0.1) is 11.4 Å². The molecule has 0 fully saturated rings. The quantitative estimate of drug-likeness (QED) is 0.327. The highest BCUT2D eigenvalue weighted by atomic mass is 32.2. The van der Waals surface area contributed by atoms with E-state index in [1.54, 1.807) is 10.9 Å². The van der Waals surface area contributed by atoms with Gasteiger partial charge in [0.15, 0.2) is 0 Å². The number of hydrogen-bond donors (Lipinski definition) is 2. The van der Waals surface area contributed by atoms with Crippen molar-refractivity contribution in [3.8, 4) is 0 Å². The number of nitrogens with one attached hydrogen (secondary N) is 1. The predicted molar refractivity (Wildman–Crippen MR) is 55.5 cm³/mol. The Kier molecular flexibility index (Phi) is 3.97. The molecule has 1 heterocycles. The van der Waals surface area contributed by atoms with Crippen LogP contribution in [-0.2, 0) is 11.8 Å². The van der Waals surface area contributed by atoms with Crippen LogP contribution in [0.1, 0.15) is 13.3 Å². The summed E-state index contributed by atoms with van der Waals surface area (Å²) in [6, 6.07) is 0. The summed E-state index contributed by atoms with van der Waals surface area (Å²) >= 11 is 1.47. The van der Waals surface area contributed by atoms with Crippen molar-refractivity contribution in [1.29, 1.82) is 0 Å². The first-order valence-electron chi connectivity index (χ1n) is 4.33. The maximum absolute atomic E-state index is 11.3. The van der Waals surface area contributed by atoms with Crippen molar-refractivity contribution in [1.82, 2.24) is 15.2 Å². The first-order valence-corrected chi connectivity index (χ1v) is 5.21. The van der Waals surface area contributed by atoms with Gasteiger partial charge in [-0.1, -0.05) is 6.92 Å². The van der Waals surface area contributed by atoms with Gasteiger partial charge in [0.1, 0.15) is 0 Å². The number of rotatable bonds is 4. The first kappa shape index (κ1) is 11.1. The summed E-state index contributed by atoms with van der Waals surface area (Å²) in [6.45, 7) is 1.95. The Morgan fingerprint density at radius 2 is 2.57 bits per heavy atom. The number of carbonyl (C=O) groups is 1. The minimum absolute atomic E-state index is 0.149. The van der Waals surface area contributed by atoms with Crippen molar-refractivity contribution >= 4 is 17.7 Å². The van der Waals surface area contributed by atoms with Crippen molar-refractivity contribution in [3.63, 3.8) is 0 Å². The smallest absolute Gasteiger partial charge is 0.247 e. The average Bonchev–Trinajstić information content (AvgIpc) is 2.59. The highest BCUT2D eigenvalue weighted by Gasteiger charge is 2.17. The maximum Gasteiger partial charge on any atom is 0.247 e. The summed E-state index contributed by atoms with van der Waals surface area (Å²) in [5, 5.41) is 3.87. The highest BCUT2D eigenvalue weighted by molar-refractivity contribution is 8.00. The second kappa shape index (κ2) is 5.02. The van der Waals surface area contributed by atoms with Crippen molar-refractivity contribution in [3.05, 3.63) is 12.4 Å². The van der Waals surface area contributed by atoms with Gasteiger partial charge in [-0.15, -0.1) is 11.8 Å². The molecule has 0 radical (unpaired) electrons. The molecular formula is C8H14N4OS. The van der Waals surface area contributed by atoms with Crippen molar-refractivity contribution in [2.45, 2.75) is 23.5 Å². The summed E-state index contributed by atoms with van der Waals surface area (Å²) in [7, 11) is 1.84. The highest BCUT2D eigenvalue weighted by Crippen LogP contribution is 2.24. The molecule has 78 valence electrons. The van der Waals surface area contributed by atoms with Gasteiger partial charge in [-0.05, 0) is 6.42 Å². The Hall–Kier alpha value is -1.01. The largest absolute Gasteiger partial charge is 0.293 e. The molecule has 0 saturated heterocycles. The zero-order chi connectivity index (χ0) is 10.6. The molecule has 0 spiro atoms. The molecule has 0 bridgehead atoms. The van der Waals surface area contributed by atoms with Crippen molar-refractivity contribution in [2.75, 3.05) is 0 Å². The molecule has 0 aliphatic heterocycles. The van der Waals surface area contributed by atoms with Crippen LogP contribution in [0.15, 0.2) is 17.3 Å². The van der Waals surface area contributed by atoms with Gasteiger partial charge in [0.2, 0.25) is 5.91 Å². The average molecular weight is 214 g/mol. The zero-order valence-electron chi connectivity index (χ0n) is 8.23. The Bertz CT molecular complexity index is 312. The fourth-order valence-corrected chi connectivity index (χ4v) is 2.03. The van der Waals surface area contributed by atoms with Crippen LogP contribution in [0.4, 0.5) is 0 Å². The number of amides is 1. The Morgan fingerprint density at radius 3 is 3.00 bits per heavy atom. The lowest BCUT2D eigenvalue weighted by molar-refractivity contribution is -0.120. The van der Waals surface area contributed by atoms with E-state index in [0.29, 0.717) is 0 Å². The van der Waals surface area contributed by atoms with Gasteiger partial charge in [0.25, 0.3) is 0 Å². The molecule has 3 N–H and O–H groups in total. The number of hydrogen-bond acceptors (Lipinski definition) is 4. The minimum Gasteiger partial charge on any atom is -0.293 e. The summed E-state index contributed by atoms with van der Waals surface area (Å²) in [6.07, 6.45) is 4.34. The number of nitrogens with zero attached hydrogens (tertiary/aromatic N) is 2. The molecule has 0 aromatic carbocycles. The molecule has 14 heavy (non-hydrogen) atoms. The number of nitrogens with two attached hydrogens (primary N) is 1. The number of carbonyl (C=O) groups excluding carboxylic acids is 1. The van der Waals surface area contributed by atoms with Crippen LogP contribution in [0.25, 0.3) is 0 Å². The van der Waals surface area contributed by atoms with Crippen LogP contribution in [0, 0.1) is 0 Å². The molecule has 1 atom stereocenters. The monoisotopic (exact) mass is 214 g/mol. The van der Waals surface area contributed by atoms with Crippen LogP contribution >= 0.6 is 11.8 Å². The maximum atomic E-state index is 11.3. The van der Waals surface area contributed by atoms with E-state index in [4.69, 9.17) is 5.84 Å². The number of aryl methyl sites for hydroxylation is 1. The molecule has 1 aromatic heterocycles. The molecule has 1 aromatic rings. The van der Waals surface area contributed by atoms with Crippen LogP contribution in [0.3, 0.4) is 0 Å². The Morgan fingerprint density at radius 1 is 1.86 bits per heavy atom. The number of aromatic nitrogens is 2. The van der Waals surface area contributed by atoms with Gasteiger partial charge in [-0.3, -0.25) is 14.9 Å². The topological polar surface area (TPSA) is 72.9 Å². The molecule has 6 heteroatoms. The summed E-state index contributed by atoms with van der Waals surface area (Å²) in [5.74, 6) is 4.92. The van der Waals surface area contributed by atoms with E-state index in [1.807, 2.05) is 20.2 Å². The van der Waals surface area contributed by atoms with Crippen LogP contribution in [0.5, 0.6) is 0 Å². The third kappa shape index (κ3) is 2.74. The standard InChI is InChI=1S/C8H14N4OS/c1-3-7(8(13)11-9)14-6-4-10-12(2)5-6/h4-5,7H,3,9H2,1-2H3,(H,11,13). The Balaban J connectivity index is 2.61. The zero-order valence-corrected chi connectivity index (χ0v) is 9.04. The first-order chi connectivity index (χ1) is 6.67. The van der Waals surface area contributed by atoms with E-state index in [9.17, 15) is 4.79 Å². The normalized spacial score (nSPS) is 12.5. The summed E-state index contributed by atoms with van der Waals surface area (Å²) in [4.78, 5) is 12.2. The molecule has 1 rings (SSSR count). The lowest BCUT2D eigenvalue weighted by Crippen LogP contribution is -2.37. The van der Waals surface area contributed by atoms with E-state index in [1.165, 1.54) is 11.8 Å². The molecular weight excluding hydrogens is 200 g/mol. The van der Waals surface area contributed by atoms with Gasteiger partial charge in [-0.25, -0.2) is 5.84 Å².